The Morgan fingerprint density at radius 1 is 1.12 bits per heavy atom. The second-order valence-electron chi connectivity index (χ2n) is 6.41. The van der Waals surface area contributed by atoms with Crippen molar-refractivity contribution >= 4 is 39.5 Å². The van der Waals surface area contributed by atoms with Gasteiger partial charge in [-0.3, -0.25) is 4.57 Å². The van der Waals surface area contributed by atoms with Gasteiger partial charge in [0.1, 0.15) is 9.84 Å². The average Bonchev–Trinajstić information content (AvgIpc) is 2.56. The molecule has 25 heavy (non-hydrogen) atoms. The van der Waals surface area contributed by atoms with Crippen LogP contribution in [0.4, 0.5) is 0 Å². The highest BCUT2D eigenvalue weighted by molar-refractivity contribution is 8.56. The molecule has 0 rings (SSSR count). The summed E-state index contributed by atoms with van der Waals surface area (Å²) in [4.78, 5) is 0. The largest absolute Gasteiger partial charge is 0.277 e. The number of unbranched alkanes of at least 4 members (excludes halogenated alkanes) is 3. The molecule has 0 aromatic rings. The Morgan fingerprint density at radius 2 is 1.76 bits per heavy atom. The predicted molar refractivity (Wildman–Crippen MR) is 114 cm³/mol. The topological polar surface area (TPSA) is 75.3 Å². The summed E-state index contributed by atoms with van der Waals surface area (Å²) in [6, 6.07) is 0. The van der Waals surface area contributed by atoms with E-state index in [1.54, 1.807) is 6.08 Å². The molecule has 0 aromatic carbocycles. The van der Waals surface area contributed by atoms with E-state index in [0.717, 1.165) is 25.0 Å². The van der Waals surface area contributed by atoms with Crippen LogP contribution in [0.15, 0.2) is 12.7 Å². The lowest BCUT2D eigenvalue weighted by atomic mass is 10.2. The van der Waals surface area contributed by atoms with Crippen LogP contribution in [0.1, 0.15) is 46.0 Å². The molecule has 1 unspecified atom stereocenters. The number of alkyl halides is 1. The molecular formula is C16H34ClN2O3PS2. The molecule has 0 saturated carbocycles. The summed E-state index contributed by atoms with van der Waals surface area (Å²) in [6.45, 7) is 6.38. The van der Waals surface area contributed by atoms with Gasteiger partial charge in [0.2, 0.25) is 0 Å². The third kappa shape index (κ3) is 15.3. The summed E-state index contributed by atoms with van der Waals surface area (Å²) in [5.74, 6) is 2.12. The molecule has 9 heteroatoms. The van der Waals surface area contributed by atoms with E-state index in [4.69, 9.17) is 11.6 Å². The monoisotopic (exact) mass is 432 g/mol. The van der Waals surface area contributed by atoms with Crippen LogP contribution in [0.3, 0.4) is 0 Å². The number of sulfone groups is 1. The molecule has 0 bridgehead atoms. The van der Waals surface area contributed by atoms with E-state index in [-0.39, 0.29) is 11.5 Å². The van der Waals surface area contributed by atoms with Gasteiger partial charge in [-0.15, -0.1) is 18.2 Å². The van der Waals surface area contributed by atoms with Crippen molar-refractivity contribution in [1.82, 2.24) is 10.2 Å². The Kier molecular flexibility index (Phi) is 14.8. The number of rotatable bonds is 17. The lowest BCUT2D eigenvalue weighted by molar-refractivity contribution is 0.562. The molecule has 0 aliphatic carbocycles. The van der Waals surface area contributed by atoms with E-state index in [0.29, 0.717) is 37.7 Å². The van der Waals surface area contributed by atoms with Crippen LogP contribution in [-0.4, -0.2) is 44.6 Å². The summed E-state index contributed by atoms with van der Waals surface area (Å²) in [5.41, 5.74) is 0. The fourth-order valence-corrected chi connectivity index (χ4v) is 7.91. The molecule has 0 amide bonds. The van der Waals surface area contributed by atoms with Crippen LogP contribution in [-0.2, 0) is 14.4 Å². The number of nitrogens with one attached hydrogen (secondary N) is 2. The summed E-state index contributed by atoms with van der Waals surface area (Å²) < 4.78 is 36.2. The lowest BCUT2D eigenvalue weighted by Crippen LogP contribution is -2.22. The van der Waals surface area contributed by atoms with Crippen LogP contribution in [0.25, 0.3) is 0 Å². The minimum atomic E-state index is -2.95. The maximum absolute atomic E-state index is 12.8. The van der Waals surface area contributed by atoms with Gasteiger partial charge in [-0.25, -0.2) is 18.6 Å². The van der Waals surface area contributed by atoms with E-state index in [1.807, 2.05) is 0 Å². The van der Waals surface area contributed by atoms with Crippen LogP contribution >= 0.6 is 29.6 Å². The second kappa shape index (κ2) is 14.5. The van der Waals surface area contributed by atoms with Crippen molar-refractivity contribution in [3.63, 3.8) is 0 Å². The Balaban J connectivity index is 3.97. The van der Waals surface area contributed by atoms with Gasteiger partial charge in [-0.05, 0) is 25.2 Å². The maximum Gasteiger partial charge on any atom is 0.266 e. The van der Waals surface area contributed by atoms with Crippen molar-refractivity contribution in [3.05, 3.63) is 12.7 Å². The Morgan fingerprint density at radius 3 is 2.36 bits per heavy atom. The average molecular weight is 433 g/mol. The molecular weight excluding hydrogens is 399 g/mol. The smallest absolute Gasteiger partial charge is 0.266 e. The van der Waals surface area contributed by atoms with Crippen LogP contribution in [0, 0.1) is 5.92 Å². The van der Waals surface area contributed by atoms with Gasteiger partial charge in [0, 0.05) is 24.7 Å². The first-order valence-corrected chi connectivity index (χ1v) is 14.5. The van der Waals surface area contributed by atoms with Gasteiger partial charge in [-0.1, -0.05) is 44.1 Å². The first kappa shape index (κ1) is 25.5. The SMILES string of the molecule is C=CCNP(=O)(NCCCCCCS(=O)(=O)CCCCl)SCC(C)C. The predicted octanol–water partition coefficient (Wildman–Crippen LogP) is 4.45. The summed E-state index contributed by atoms with van der Waals surface area (Å²) in [7, 11) is -2.95. The van der Waals surface area contributed by atoms with Crippen LogP contribution < -0.4 is 10.2 Å². The fraction of sp³-hybridized carbons (Fsp3) is 0.875. The molecule has 0 aromatic heterocycles. The molecule has 2 N–H and O–H groups in total. The first-order valence-electron chi connectivity index (χ1n) is 8.87. The van der Waals surface area contributed by atoms with Crippen molar-refractivity contribution in [2.75, 3.05) is 36.2 Å². The highest BCUT2D eigenvalue weighted by Gasteiger charge is 2.21. The lowest BCUT2D eigenvalue weighted by Gasteiger charge is -2.20. The highest BCUT2D eigenvalue weighted by atomic mass is 35.5. The molecule has 1 atom stereocenters. The van der Waals surface area contributed by atoms with Crippen molar-refractivity contribution < 1.29 is 13.0 Å². The molecule has 150 valence electrons. The molecule has 0 fully saturated rings. The van der Waals surface area contributed by atoms with E-state index >= 15 is 0 Å². The molecule has 0 radical (unpaired) electrons. The molecule has 0 heterocycles. The van der Waals surface area contributed by atoms with Crippen molar-refractivity contribution in [3.8, 4) is 0 Å². The zero-order chi connectivity index (χ0) is 19.2. The number of hydrogen-bond donors (Lipinski definition) is 2. The van der Waals surface area contributed by atoms with E-state index in [9.17, 15) is 13.0 Å². The Labute approximate surface area is 163 Å². The summed E-state index contributed by atoms with van der Waals surface area (Å²) >= 11 is 6.97. The zero-order valence-corrected chi connectivity index (χ0v) is 18.8. The molecule has 0 saturated heterocycles. The minimum Gasteiger partial charge on any atom is -0.277 e. The minimum absolute atomic E-state index is 0.184. The zero-order valence-electron chi connectivity index (χ0n) is 15.5. The summed E-state index contributed by atoms with van der Waals surface area (Å²) in [6.07, 6.45) is 5.58. The third-order valence-corrected chi connectivity index (χ3v) is 10.1. The Hall–Kier alpha value is 0.480. The van der Waals surface area contributed by atoms with Crippen molar-refractivity contribution in [2.45, 2.75) is 46.0 Å². The van der Waals surface area contributed by atoms with Crippen molar-refractivity contribution in [2.24, 2.45) is 5.92 Å². The quantitative estimate of drug-likeness (QED) is 0.153. The third-order valence-electron chi connectivity index (χ3n) is 3.32. The van der Waals surface area contributed by atoms with E-state index < -0.39 is 16.5 Å². The van der Waals surface area contributed by atoms with Gasteiger partial charge in [0.15, 0.2) is 0 Å². The highest BCUT2D eigenvalue weighted by Crippen LogP contribution is 2.51. The van der Waals surface area contributed by atoms with Gasteiger partial charge in [0.05, 0.1) is 11.5 Å². The van der Waals surface area contributed by atoms with Gasteiger partial charge >= 0.3 is 0 Å². The van der Waals surface area contributed by atoms with Crippen molar-refractivity contribution in [1.29, 1.82) is 0 Å². The second-order valence-corrected chi connectivity index (χ2v) is 13.7. The van der Waals surface area contributed by atoms with E-state index in [2.05, 4.69) is 30.6 Å². The fourth-order valence-electron chi connectivity index (χ4n) is 1.99. The van der Waals surface area contributed by atoms with Gasteiger partial charge < -0.3 is 0 Å². The Bertz CT molecular complexity index is 502. The standard InChI is InChI=1S/C16H34ClN2O3PS2/c1-4-11-18-23(20,24-15-16(2)3)19-12-7-5-6-8-13-25(21,22)14-9-10-17/h4,16H,1,5-15H2,2-3H3,(H2,18,19,20). The number of halogens is 1. The normalized spacial score (nSPS) is 14.6. The van der Waals surface area contributed by atoms with Crippen LogP contribution in [0.5, 0.6) is 0 Å². The number of hydrogen-bond acceptors (Lipinski definition) is 4. The molecule has 0 aliphatic rings. The maximum atomic E-state index is 12.8. The summed E-state index contributed by atoms with van der Waals surface area (Å²) in [5, 5.41) is 6.19. The molecule has 0 spiro atoms. The van der Waals surface area contributed by atoms with Gasteiger partial charge in [0.25, 0.3) is 6.65 Å². The molecule has 0 aliphatic heterocycles. The first-order chi connectivity index (χ1) is 11.7. The van der Waals surface area contributed by atoms with Gasteiger partial charge in [-0.2, -0.15) is 0 Å². The van der Waals surface area contributed by atoms with Crippen LogP contribution in [0.2, 0.25) is 0 Å². The van der Waals surface area contributed by atoms with E-state index in [1.165, 1.54) is 11.4 Å². The molecule has 5 nitrogen and oxygen atoms in total.